The third-order valence-corrected chi connectivity index (χ3v) is 3.28. The number of carbonyl (C=O) groups excluding carboxylic acids is 1. The molecule has 5 nitrogen and oxygen atoms in total. The third kappa shape index (κ3) is 6.31. The molecular weight excluding hydrogens is 318 g/mol. The van der Waals surface area contributed by atoms with Crippen LogP contribution in [0.25, 0.3) is 0 Å². The van der Waals surface area contributed by atoms with Crippen molar-refractivity contribution in [2.75, 3.05) is 31.7 Å². The Morgan fingerprint density at radius 1 is 1.08 bits per heavy atom. The highest BCUT2D eigenvalue weighted by Crippen LogP contribution is 2.19. The SMILES string of the molecule is C=CCOc1ccc(C(=O)Nc2cccc(OCCOCC)c2)cc1. The van der Waals surface area contributed by atoms with Crippen molar-refractivity contribution in [2.24, 2.45) is 0 Å². The van der Waals surface area contributed by atoms with Gasteiger partial charge in [-0.05, 0) is 43.3 Å². The summed E-state index contributed by atoms with van der Waals surface area (Å²) < 4.78 is 16.2. The molecule has 1 N–H and O–H groups in total. The summed E-state index contributed by atoms with van der Waals surface area (Å²) in [5, 5.41) is 2.86. The molecule has 0 aromatic heterocycles. The Kier molecular flexibility index (Phi) is 7.53. The molecule has 0 fully saturated rings. The summed E-state index contributed by atoms with van der Waals surface area (Å²) in [5.74, 6) is 1.19. The molecule has 1 amide bonds. The summed E-state index contributed by atoms with van der Waals surface area (Å²) in [7, 11) is 0. The van der Waals surface area contributed by atoms with Crippen LogP contribution in [0.2, 0.25) is 0 Å². The fourth-order valence-electron chi connectivity index (χ4n) is 2.09. The van der Waals surface area contributed by atoms with Crippen LogP contribution in [0.5, 0.6) is 11.5 Å². The molecular formula is C20H23NO4. The van der Waals surface area contributed by atoms with Crippen molar-refractivity contribution in [3.05, 3.63) is 66.7 Å². The lowest BCUT2D eigenvalue weighted by atomic mass is 10.2. The van der Waals surface area contributed by atoms with Gasteiger partial charge in [0, 0.05) is 23.9 Å². The van der Waals surface area contributed by atoms with Gasteiger partial charge in [0.2, 0.25) is 0 Å². The van der Waals surface area contributed by atoms with Crippen molar-refractivity contribution in [1.29, 1.82) is 0 Å². The van der Waals surface area contributed by atoms with E-state index in [1.54, 1.807) is 36.4 Å². The van der Waals surface area contributed by atoms with Gasteiger partial charge in [-0.1, -0.05) is 18.7 Å². The van der Waals surface area contributed by atoms with Gasteiger partial charge < -0.3 is 19.5 Å². The van der Waals surface area contributed by atoms with Gasteiger partial charge in [-0.15, -0.1) is 0 Å². The first-order chi connectivity index (χ1) is 12.2. The summed E-state index contributed by atoms with van der Waals surface area (Å²) in [5.41, 5.74) is 1.22. The van der Waals surface area contributed by atoms with Crippen molar-refractivity contribution >= 4 is 11.6 Å². The maximum Gasteiger partial charge on any atom is 0.255 e. The molecule has 2 aromatic carbocycles. The molecule has 0 aliphatic rings. The number of carbonyl (C=O) groups is 1. The minimum absolute atomic E-state index is 0.193. The number of ether oxygens (including phenoxy) is 3. The summed E-state index contributed by atoms with van der Waals surface area (Å²) in [4.78, 5) is 12.3. The zero-order valence-corrected chi connectivity index (χ0v) is 14.4. The predicted octanol–water partition coefficient (Wildman–Crippen LogP) is 3.92. The number of rotatable bonds is 10. The van der Waals surface area contributed by atoms with Gasteiger partial charge in [-0.3, -0.25) is 4.79 Å². The fraction of sp³-hybridized carbons (Fsp3) is 0.250. The van der Waals surface area contributed by atoms with E-state index >= 15 is 0 Å². The molecule has 132 valence electrons. The van der Waals surface area contributed by atoms with Crippen molar-refractivity contribution in [1.82, 2.24) is 0 Å². The second-order valence-corrected chi connectivity index (χ2v) is 5.15. The van der Waals surface area contributed by atoms with Crippen LogP contribution in [0, 0.1) is 0 Å². The topological polar surface area (TPSA) is 56.8 Å². The molecule has 0 saturated heterocycles. The first-order valence-electron chi connectivity index (χ1n) is 8.18. The number of nitrogens with one attached hydrogen (secondary N) is 1. The van der Waals surface area contributed by atoms with E-state index in [2.05, 4.69) is 11.9 Å². The minimum atomic E-state index is -0.193. The van der Waals surface area contributed by atoms with Crippen LogP contribution < -0.4 is 14.8 Å². The zero-order valence-electron chi connectivity index (χ0n) is 14.4. The maximum atomic E-state index is 12.3. The molecule has 0 bridgehead atoms. The Balaban J connectivity index is 1.92. The largest absolute Gasteiger partial charge is 0.491 e. The standard InChI is InChI=1S/C20H23NO4/c1-3-12-24-18-10-8-16(9-11-18)20(22)21-17-6-5-7-19(15-17)25-14-13-23-4-2/h3,5-11,15H,1,4,12-14H2,2H3,(H,21,22). The van der Waals surface area contributed by atoms with Crippen molar-refractivity contribution in [3.63, 3.8) is 0 Å². The lowest BCUT2D eigenvalue weighted by Crippen LogP contribution is -2.12. The summed E-state index contributed by atoms with van der Waals surface area (Å²) in [6, 6.07) is 14.2. The first-order valence-corrected chi connectivity index (χ1v) is 8.18. The van der Waals surface area contributed by atoms with Gasteiger partial charge in [0.25, 0.3) is 5.91 Å². The monoisotopic (exact) mass is 341 g/mol. The van der Waals surface area contributed by atoms with E-state index in [0.29, 0.717) is 49.2 Å². The molecule has 0 aliphatic carbocycles. The van der Waals surface area contributed by atoms with Crippen LogP contribution in [0.3, 0.4) is 0 Å². The molecule has 0 saturated carbocycles. The Morgan fingerprint density at radius 2 is 1.88 bits per heavy atom. The molecule has 0 spiro atoms. The van der Waals surface area contributed by atoms with Crippen LogP contribution in [0.4, 0.5) is 5.69 Å². The number of hydrogen-bond donors (Lipinski definition) is 1. The number of amides is 1. The van der Waals surface area contributed by atoms with E-state index in [1.807, 2.05) is 25.1 Å². The molecule has 2 aromatic rings. The third-order valence-electron chi connectivity index (χ3n) is 3.28. The van der Waals surface area contributed by atoms with Gasteiger partial charge in [0.15, 0.2) is 0 Å². The zero-order chi connectivity index (χ0) is 17.9. The van der Waals surface area contributed by atoms with Gasteiger partial charge in [0.05, 0.1) is 6.61 Å². The molecule has 2 rings (SSSR count). The number of benzene rings is 2. The Morgan fingerprint density at radius 3 is 2.60 bits per heavy atom. The highest BCUT2D eigenvalue weighted by atomic mass is 16.5. The summed E-state index contributed by atoms with van der Waals surface area (Å²) in [6.45, 7) is 7.64. The van der Waals surface area contributed by atoms with Crippen LogP contribution in [0.15, 0.2) is 61.2 Å². The van der Waals surface area contributed by atoms with Crippen molar-refractivity contribution in [3.8, 4) is 11.5 Å². The fourth-order valence-corrected chi connectivity index (χ4v) is 2.09. The number of anilines is 1. The molecule has 5 heteroatoms. The van der Waals surface area contributed by atoms with Crippen molar-refractivity contribution < 1.29 is 19.0 Å². The Bertz CT molecular complexity index is 682. The van der Waals surface area contributed by atoms with Gasteiger partial charge in [-0.2, -0.15) is 0 Å². The number of hydrogen-bond acceptors (Lipinski definition) is 4. The average molecular weight is 341 g/mol. The van der Waals surface area contributed by atoms with Crippen molar-refractivity contribution in [2.45, 2.75) is 6.92 Å². The second kappa shape index (κ2) is 10.2. The smallest absolute Gasteiger partial charge is 0.255 e. The molecule has 0 radical (unpaired) electrons. The van der Waals surface area contributed by atoms with Crippen LogP contribution in [-0.2, 0) is 4.74 Å². The summed E-state index contributed by atoms with van der Waals surface area (Å²) in [6.07, 6.45) is 1.67. The highest BCUT2D eigenvalue weighted by Gasteiger charge is 2.07. The van der Waals surface area contributed by atoms with Crippen LogP contribution >= 0.6 is 0 Å². The van der Waals surface area contributed by atoms with Gasteiger partial charge in [-0.25, -0.2) is 0 Å². The molecule has 0 unspecified atom stereocenters. The first kappa shape index (κ1) is 18.5. The molecule has 25 heavy (non-hydrogen) atoms. The predicted molar refractivity (Wildman–Crippen MR) is 98.5 cm³/mol. The summed E-state index contributed by atoms with van der Waals surface area (Å²) >= 11 is 0. The van der Waals surface area contributed by atoms with Gasteiger partial charge in [0.1, 0.15) is 24.7 Å². The normalized spacial score (nSPS) is 10.1. The van der Waals surface area contributed by atoms with E-state index in [4.69, 9.17) is 14.2 Å². The van der Waals surface area contributed by atoms with E-state index in [1.165, 1.54) is 0 Å². The van der Waals surface area contributed by atoms with Gasteiger partial charge >= 0.3 is 0 Å². The second-order valence-electron chi connectivity index (χ2n) is 5.15. The highest BCUT2D eigenvalue weighted by molar-refractivity contribution is 6.04. The van der Waals surface area contributed by atoms with E-state index in [0.717, 1.165) is 0 Å². The lowest BCUT2D eigenvalue weighted by molar-refractivity contribution is 0.102. The van der Waals surface area contributed by atoms with Crippen LogP contribution in [-0.4, -0.2) is 32.3 Å². The average Bonchev–Trinajstić information content (AvgIpc) is 2.64. The molecule has 0 atom stereocenters. The molecule has 0 heterocycles. The van der Waals surface area contributed by atoms with E-state index in [9.17, 15) is 4.79 Å². The molecule has 0 aliphatic heterocycles. The van der Waals surface area contributed by atoms with E-state index in [-0.39, 0.29) is 5.91 Å². The lowest BCUT2D eigenvalue weighted by Gasteiger charge is -2.10. The quantitative estimate of drug-likeness (QED) is 0.526. The Hall–Kier alpha value is -2.79. The minimum Gasteiger partial charge on any atom is -0.491 e. The Labute approximate surface area is 148 Å². The van der Waals surface area contributed by atoms with Crippen LogP contribution in [0.1, 0.15) is 17.3 Å². The maximum absolute atomic E-state index is 12.3. The van der Waals surface area contributed by atoms with E-state index < -0.39 is 0 Å².